The van der Waals surface area contributed by atoms with Gasteiger partial charge in [-0.2, -0.15) is 0 Å². The summed E-state index contributed by atoms with van der Waals surface area (Å²) in [5, 5.41) is 0. The summed E-state index contributed by atoms with van der Waals surface area (Å²) >= 11 is 0. The molecule has 0 radical (unpaired) electrons. The Morgan fingerprint density at radius 1 is 0.460 bits per heavy atom. The van der Waals surface area contributed by atoms with Crippen LogP contribution in [0.1, 0.15) is 24.4 Å². The molecule has 3 heterocycles. The van der Waals surface area contributed by atoms with E-state index in [0.29, 0.717) is 0 Å². The van der Waals surface area contributed by atoms with E-state index in [1.807, 2.05) is 0 Å². The summed E-state index contributed by atoms with van der Waals surface area (Å²) in [4.78, 5) is 4.91. The van der Waals surface area contributed by atoms with Crippen LogP contribution in [-0.2, 0) is 4.74 Å². The molecule has 0 saturated carbocycles. The maximum absolute atomic E-state index is 6.66. The van der Waals surface area contributed by atoms with E-state index in [2.05, 4.69) is 180 Å². The minimum absolute atomic E-state index is 0.0505. The van der Waals surface area contributed by atoms with E-state index in [1.54, 1.807) is 0 Å². The largest absolute Gasteiger partial charge is 0.484 e. The van der Waals surface area contributed by atoms with Crippen LogP contribution in [0.15, 0.2) is 181 Å². The first-order valence-corrected chi connectivity index (χ1v) is 17.6. The summed E-state index contributed by atoms with van der Waals surface area (Å²) in [6.45, 7) is 0. The molecule has 0 aromatic heterocycles. The fraction of sp³-hybridized carbons (Fsp3) is 0.130. The highest BCUT2D eigenvalue weighted by molar-refractivity contribution is 5.81. The standard InChI is InChI=1S/C46H36N2O2/c1-3-11-31(12-4-1)33-19-23-35(24-20-33)47(36-25-21-34(22-26-36)32-13-5-2-6-14-32)37-27-29-38(30-28-37)48-43-39-15-7-9-17-41(39)49-45(43)46-44(48)40-16-8-10-18-42(40)50-46/h1-7,9,11-30,43-46H,8,10H2. The number of fused-ring (bicyclic) bond motifs is 7. The van der Waals surface area contributed by atoms with Gasteiger partial charge in [-0.15, -0.1) is 0 Å². The first kappa shape index (κ1) is 29.0. The third-order valence-electron chi connectivity index (χ3n) is 10.6. The van der Waals surface area contributed by atoms with Gasteiger partial charge in [0.25, 0.3) is 0 Å². The number of hydrogen-bond acceptors (Lipinski definition) is 4. The van der Waals surface area contributed by atoms with Gasteiger partial charge in [-0.3, -0.25) is 0 Å². The van der Waals surface area contributed by atoms with E-state index in [0.717, 1.165) is 41.4 Å². The fourth-order valence-electron chi connectivity index (χ4n) is 8.35. The zero-order chi connectivity index (χ0) is 33.0. The summed E-state index contributed by atoms with van der Waals surface area (Å²) in [6.07, 6.45) is 6.60. The Labute approximate surface area is 293 Å². The maximum atomic E-state index is 6.66. The average molecular weight is 649 g/mol. The Morgan fingerprint density at radius 2 is 0.960 bits per heavy atom. The molecule has 0 spiro atoms. The SMILES string of the molecule is C1=C2OC3C4Oc5ccccc5C4N(c4ccc(N(c5ccc(-c6ccccc6)cc5)c5ccc(-c6ccccc6)cc5)cc4)C3C2=CCC1. The molecule has 3 aliphatic heterocycles. The number of hydrogen-bond donors (Lipinski definition) is 0. The predicted molar refractivity (Wildman–Crippen MR) is 202 cm³/mol. The van der Waals surface area contributed by atoms with Crippen LogP contribution in [0.5, 0.6) is 5.75 Å². The maximum Gasteiger partial charge on any atom is 0.162 e. The van der Waals surface area contributed by atoms with E-state index in [4.69, 9.17) is 9.47 Å². The van der Waals surface area contributed by atoms with Crippen LogP contribution >= 0.6 is 0 Å². The van der Waals surface area contributed by atoms with Gasteiger partial charge in [-0.1, -0.05) is 109 Å². The second-order valence-electron chi connectivity index (χ2n) is 13.5. The Balaban J connectivity index is 1.04. The minimum atomic E-state index is -0.0627. The smallest absolute Gasteiger partial charge is 0.162 e. The lowest BCUT2D eigenvalue weighted by Gasteiger charge is -2.32. The van der Waals surface area contributed by atoms with Gasteiger partial charge < -0.3 is 19.3 Å². The van der Waals surface area contributed by atoms with Crippen molar-refractivity contribution in [3.63, 3.8) is 0 Å². The lowest BCUT2D eigenvalue weighted by atomic mass is 9.97. The Kier molecular flexibility index (Phi) is 6.87. The lowest BCUT2D eigenvalue weighted by molar-refractivity contribution is 0.0577. The normalized spacial score (nSPS) is 21.2. The van der Waals surface area contributed by atoms with Crippen molar-refractivity contribution in [2.24, 2.45) is 0 Å². The molecule has 10 rings (SSSR count). The topological polar surface area (TPSA) is 24.9 Å². The van der Waals surface area contributed by atoms with Crippen molar-refractivity contribution >= 4 is 22.7 Å². The molecule has 0 N–H and O–H groups in total. The highest BCUT2D eigenvalue weighted by Crippen LogP contribution is 2.56. The van der Waals surface area contributed by atoms with E-state index in [-0.39, 0.29) is 24.3 Å². The number of allylic oxidation sites excluding steroid dienone is 2. The molecule has 6 aromatic rings. The molecule has 4 unspecified atom stereocenters. The third-order valence-corrected chi connectivity index (χ3v) is 10.6. The molecule has 1 aliphatic carbocycles. The van der Waals surface area contributed by atoms with Gasteiger partial charge >= 0.3 is 0 Å². The molecular weight excluding hydrogens is 613 g/mol. The van der Waals surface area contributed by atoms with E-state index in [1.165, 1.54) is 39.1 Å². The van der Waals surface area contributed by atoms with Gasteiger partial charge in [0.1, 0.15) is 11.5 Å². The number of ether oxygens (including phenoxy) is 2. The lowest BCUT2D eigenvalue weighted by Crippen LogP contribution is -2.35. The van der Waals surface area contributed by atoms with Crippen LogP contribution < -0.4 is 14.5 Å². The van der Waals surface area contributed by atoms with Gasteiger partial charge in [-0.25, -0.2) is 0 Å². The second kappa shape index (κ2) is 11.9. The molecule has 4 nitrogen and oxygen atoms in total. The molecule has 4 heteroatoms. The summed E-state index contributed by atoms with van der Waals surface area (Å²) in [5.74, 6) is 2.00. The molecular formula is C46H36N2O2. The quantitative estimate of drug-likeness (QED) is 0.179. The summed E-state index contributed by atoms with van der Waals surface area (Å²) in [7, 11) is 0. The molecule has 0 bridgehead atoms. The van der Waals surface area contributed by atoms with Gasteiger partial charge in [0.15, 0.2) is 12.2 Å². The van der Waals surface area contributed by atoms with Crippen molar-refractivity contribution in [2.75, 3.05) is 9.80 Å². The molecule has 50 heavy (non-hydrogen) atoms. The van der Waals surface area contributed by atoms with Crippen molar-refractivity contribution in [2.45, 2.75) is 37.1 Å². The van der Waals surface area contributed by atoms with Crippen LogP contribution in [0.3, 0.4) is 0 Å². The monoisotopic (exact) mass is 648 g/mol. The zero-order valence-corrected chi connectivity index (χ0v) is 27.6. The van der Waals surface area contributed by atoms with Crippen LogP contribution in [0.2, 0.25) is 0 Å². The van der Waals surface area contributed by atoms with Crippen molar-refractivity contribution in [1.82, 2.24) is 0 Å². The van der Waals surface area contributed by atoms with Gasteiger partial charge in [0, 0.05) is 33.9 Å². The zero-order valence-electron chi connectivity index (χ0n) is 27.6. The van der Waals surface area contributed by atoms with Crippen LogP contribution in [0.4, 0.5) is 22.7 Å². The molecule has 4 aliphatic rings. The minimum Gasteiger partial charge on any atom is -0.484 e. The Bertz CT molecular complexity index is 2140. The van der Waals surface area contributed by atoms with E-state index >= 15 is 0 Å². The predicted octanol–water partition coefficient (Wildman–Crippen LogP) is 11.2. The van der Waals surface area contributed by atoms with Crippen molar-refractivity contribution in [1.29, 1.82) is 0 Å². The first-order chi connectivity index (χ1) is 24.8. The number of benzene rings is 6. The van der Waals surface area contributed by atoms with Gasteiger partial charge in [-0.05, 0) is 95.8 Å². The molecule has 4 atom stereocenters. The second-order valence-corrected chi connectivity index (χ2v) is 13.5. The van der Waals surface area contributed by atoms with E-state index in [9.17, 15) is 0 Å². The first-order valence-electron chi connectivity index (χ1n) is 17.6. The van der Waals surface area contributed by atoms with Crippen LogP contribution in [-0.4, -0.2) is 18.2 Å². The highest BCUT2D eigenvalue weighted by Gasteiger charge is 2.61. The van der Waals surface area contributed by atoms with Crippen LogP contribution in [0.25, 0.3) is 22.3 Å². The molecule has 2 saturated heterocycles. The van der Waals surface area contributed by atoms with E-state index < -0.39 is 0 Å². The molecule has 0 amide bonds. The third kappa shape index (κ3) is 4.74. The van der Waals surface area contributed by atoms with Crippen molar-refractivity contribution in [3.8, 4) is 28.0 Å². The summed E-state index contributed by atoms with van der Waals surface area (Å²) < 4.78 is 13.3. The average Bonchev–Trinajstić information content (AvgIpc) is 3.85. The number of nitrogens with zero attached hydrogens (tertiary/aromatic N) is 2. The Morgan fingerprint density at radius 3 is 1.58 bits per heavy atom. The number of para-hydroxylation sites is 1. The number of anilines is 4. The van der Waals surface area contributed by atoms with Gasteiger partial charge in [0.2, 0.25) is 0 Å². The number of rotatable bonds is 6. The summed E-state index contributed by atoms with van der Waals surface area (Å²) in [5.41, 5.74) is 11.9. The highest BCUT2D eigenvalue weighted by atomic mass is 16.6. The van der Waals surface area contributed by atoms with Crippen molar-refractivity contribution < 1.29 is 9.47 Å². The summed E-state index contributed by atoms with van der Waals surface area (Å²) in [6, 6.07) is 56.7. The Hall–Kier alpha value is -6.00. The fourth-order valence-corrected chi connectivity index (χ4v) is 8.35. The van der Waals surface area contributed by atoms with Crippen molar-refractivity contribution in [3.05, 3.63) is 187 Å². The van der Waals surface area contributed by atoms with Crippen LogP contribution in [0, 0.1) is 0 Å². The van der Waals surface area contributed by atoms with Gasteiger partial charge in [0.05, 0.1) is 12.1 Å². The molecule has 6 aromatic carbocycles. The molecule has 242 valence electrons. The molecule has 2 fully saturated rings.